The van der Waals surface area contributed by atoms with Crippen molar-refractivity contribution in [2.75, 3.05) is 0 Å². The summed E-state index contributed by atoms with van der Waals surface area (Å²) >= 11 is 6.75. The molecule has 0 saturated carbocycles. The number of nitriles is 1. The van der Waals surface area contributed by atoms with Crippen molar-refractivity contribution < 1.29 is 9.90 Å². The van der Waals surface area contributed by atoms with Gasteiger partial charge < -0.3 is 5.11 Å². The van der Waals surface area contributed by atoms with Gasteiger partial charge in [0.2, 0.25) is 0 Å². The molecule has 1 aromatic rings. The van der Waals surface area contributed by atoms with Gasteiger partial charge in [-0.25, -0.2) is 0 Å². The van der Waals surface area contributed by atoms with Crippen molar-refractivity contribution >= 4 is 37.8 Å². The first-order valence-corrected chi connectivity index (χ1v) is 6.23. The summed E-state index contributed by atoms with van der Waals surface area (Å²) in [6.45, 7) is 0. The molecule has 1 N–H and O–H groups in total. The molecule has 5 heteroatoms. The topological polar surface area (TPSA) is 61.1 Å². The highest BCUT2D eigenvalue weighted by molar-refractivity contribution is 9.11. The first-order valence-electron chi connectivity index (χ1n) is 4.64. The van der Waals surface area contributed by atoms with E-state index < -0.39 is 5.97 Å². The number of aliphatic carboxylic acids is 1. The Balaban J connectivity index is 2.81. The Morgan fingerprint density at radius 3 is 2.38 bits per heavy atom. The number of hydrogen-bond acceptors (Lipinski definition) is 2. The molecule has 0 radical (unpaired) electrons. The molecule has 0 aliphatic carbocycles. The van der Waals surface area contributed by atoms with Crippen LogP contribution < -0.4 is 0 Å². The number of carboxylic acids is 1. The molecular formula is C11H9Br2NO2. The van der Waals surface area contributed by atoms with E-state index in [2.05, 4.69) is 37.9 Å². The minimum atomic E-state index is -0.791. The second-order valence-electron chi connectivity index (χ2n) is 3.28. The molecule has 0 aliphatic heterocycles. The molecule has 0 amide bonds. The Morgan fingerprint density at radius 2 is 1.94 bits per heavy atom. The second kappa shape index (κ2) is 6.02. The highest BCUT2D eigenvalue weighted by Gasteiger charge is 2.08. The van der Waals surface area contributed by atoms with Crippen LogP contribution in [-0.4, -0.2) is 11.1 Å². The minimum absolute atomic E-state index is 0.152. The van der Waals surface area contributed by atoms with Crippen molar-refractivity contribution in [2.24, 2.45) is 0 Å². The summed E-state index contributed by atoms with van der Waals surface area (Å²) < 4.78 is 1.67. The summed E-state index contributed by atoms with van der Waals surface area (Å²) in [5, 5.41) is 17.3. The quantitative estimate of drug-likeness (QED) is 0.907. The number of benzene rings is 1. The van der Waals surface area contributed by atoms with Crippen LogP contribution in [0.1, 0.15) is 24.0 Å². The molecule has 0 atom stereocenters. The lowest BCUT2D eigenvalue weighted by molar-refractivity contribution is -0.137. The van der Waals surface area contributed by atoms with E-state index in [4.69, 9.17) is 10.4 Å². The van der Waals surface area contributed by atoms with E-state index >= 15 is 0 Å². The summed E-state index contributed by atoms with van der Waals surface area (Å²) in [4.78, 5) is 10.4. The van der Waals surface area contributed by atoms with Gasteiger partial charge in [-0.2, -0.15) is 5.26 Å². The van der Waals surface area contributed by atoms with Gasteiger partial charge in [-0.1, -0.05) is 31.9 Å². The molecule has 0 unspecified atom stereocenters. The van der Waals surface area contributed by atoms with Gasteiger partial charge in [0, 0.05) is 15.4 Å². The van der Waals surface area contributed by atoms with Crippen LogP contribution >= 0.6 is 31.9 Å². The Labute approximate surface area is 110 Å². The fourth-order valence-corrected chi connectivity index (χ4v) is 2.91. The predicted molar refractivity (Wildman–Crippen MR) is 67.1 cm³/mol. The van der Waals surface area contributed by atoms with Gasteiger partial charge in [0.05, 0.1) is 11.6 Å². The van der Waals surface area contributed by atoms with Crippen LogP contribution in [0.15, 0.2) is 21.1 Å². The van der Waals surface area contributed by atoms with Gasteiger partial charge in [0.15, 0.2) is 0 Å². The van der Waals surface area contributed by atoms with Crippen molar-refractivity contribution in [2.45, 2.75) is 19.3 Å². The average Bonchev–Trinajstić information content (AvgIpc) is 2.21. The van der Waals surface area contributed by atoms with Crippen molar-refractivity contribution in [3.63, 3.8) is 0 Å². The van der Waals surface area contributed by atoms with Crippen LogP contribution in [0.4, 0.5) is 0 Å². The third kappa shape index (κ3) is 3.62. The molecule has 1 rings (SSSR count). The number of rotatable bonds is 4. The zero-order valence-corrected chi connectivity index (χ0v) is 11.5. The average molecular weight is 347 g/mol. The highest BCUT2D eigenvalue weighted by Crippen LogP contribution is 2.28. The maximum Gasteiger partial charge on any atom is 0.303 e. The van der Waals surface area contributed by atoms with Gasteiger partial charge >= 0.3 is 5.97 Å². The Kier molecular flexibility index (Phi) is 4.97. The van der Waals surface area contributed by atoms with Crippen molar-refractivity contribution in [1.82, 2.24) is 0 Å². The van der Waals surface area contributed by atoms with Gasteiger partial charge in [-0.05, 0) is 30.5 Å². The molecule has 0 aliphatic rings. The van der Waals surface area contributed by atoms with E-state index in [0.29, 0.717) is 18.4 Å². The molecule has 0 heterocycles. The summed E-state index contributed by atoms with van der Waals surface area (Å²) in [6.07, 6.45) is 1.40. The Bertz CT molecular complexity index is 429. The van der Waals surface area contributed by atoms with Crippen LogP contribution in [0.25, 0.3) is 0 Å². The first kappa shape index (κ1) is 13.2. The number of nitrogens with zero attached hydrogens (tertiary/aromatic N) is 1. The number of carbonyl (C=O) groups is 1. The SMILES string of the molecule is N#Cc1cc(Br)c(CCCC(=O)O)c(Br)c1. The molecule has 0 aromatic heterocycles. The predicted octanol–water partition coefficient (Wildman–Crippen LogP) is 3.49. The molecule has 16 heavy (non-hydrogen) atoms. The van der Waals surface area contributed by atoms with Crippen LogP contribution in [0.5, 0.6) is 0 Å². The van der Waals surface area contributed by atoms with Gasteiger partial charge in [0.25, 0.3) is 0 Å². The van der Waals surface area contributed by atoms with E-state index in [1.54, 1.807) is 12.1 Å². The molecule has 3 nitrogen and oxygen atoms in total. The fraction of sp³-hybridized carbons (Fsp3) is 0.273. The van der Waals surface area contributed by atoms with E-state index in [0.717, 1.165) is 14.5 Å². The monoisotopic (exact) mass is 345 g/mol. The van der Waals surface area contributed by atoms with Crippen LogP contribution in [-0.2, 0) is 11.2 Å². The number of halogens is 2. The van der Waals surface area contributed by atoms with E-state index in [1.807, 2.05) is 0 Å². The molecule has 0 bridgehead atoms. The smallest absolute Gasteiger partial charge is 0.303 e. The zero-order chi connectivity index (χ0) is 12.1. The molecule has 1 aromatic carbocycles. The fourth-order valence-electron chi connectivity index (χ4n) is 1.32. The summed E-state index contributed by atoms with van der Waals surface area (Å²) in [5.74, 6) is -0.791. The molecular weight excluding hydrogens is 338 g/mol. The highest BCUT2D eigenvalue weighted by atomic mass is 79.9. The van der Waals surface area contributed by atoms with Gasteiger partial charge in [-0.3, -0.25) is 4.79 Å². The standard InChI is InChI=1S/C11H9Br2NO2/c12-9-4-7(6-14)5-10(13)8(9)2-1-3-11(15)16/h4-5H,1-3H2,(H,15,16). The third-order valence-electron chi connectivity index (χ3n) is 2.09. The van der Waals surface area contributed by atoms with Crippen molar-refractivity contribution in [3.05, 3.63) is 32.2 Å². The molecule has 0 fully saturated rings. The third-order valence-corrected chi connectivity index (χ3v) is 3.50. The normalized spacial score (nSPS) is 9.81. The summed E-state index contributed by atoms with van der Waals surface area (Å²) in [5.41, 5.74) is 1.57. The molecule has 0 saturated heterocycles. The number of carboxylic acid groups (broad SMARTS) is 1. The lowest BCUT2D eigenvalue weighted by atomic mass is 10.1. The molecule has 0 spiro atoms. The zero-order valence-electron chi connectivity index (χ0n) is 8.33. The maximum absolute atomic E-state index is 10.4. The van der Waals surface area contributed by atoms with Crippen molar-refractivity contribution in [3.8, 4) is 6.07 Å². The number of hydrogen-bond donors (Lipinski definition) is 1. The first-order chi connectivity index (χ1) is 7.54. The van der Waals surface area contributed by atoms with E-state index in [1.165, 1.54) is 0 Å². The maximum atomic E-state index is 10.4. The largest absolute Gasteiger partial charge is 0.481 e. The lowest BCUT2D eigenvalue weighted by Crippen LogP contribution is -1.97. The van der Waals surface area contributed by atoms with Gasteiger partial charge in [0.1, 0.15) is 0 Å². The van der Waals surface area contributed by atoms with E-state index in [9.17, 15) is 4.79 Å². The minimum Gasteiger partial charge on any atom is -0.481 e. The van der Waals surface area contributed by atoms with Crippen molar-refractivity contribution in [1.29, 1.82) is 5.26 Å². The summed E-state index contributed by atoms with van der Waals surface area (Å²) in [7, 11) is 0. The lowest BCUT2D eigenvalue weighted by Gasteiger charge is -2.07. The molecule has 84 valence electrons. The van der Waals surface area contributed by atoms with Crippen LogP contribution in [0, 0.1) is 11.3 Å². The summed E-state index contributed by atoms with van der Waals surface area (Å²) in [6, 6.07) is 5.53. The van der Waals surface area contributed by atoms with E-state index in [-0.39, 0.29) is 6.42 Å². The van der Waals surface area contributed by atoms with Crippen LogP contribution in [0.3, 0.4) is 0 Å². The van der Waals surface area contributed by atoms with Crippen LogP contribution in [0.2, 0.25) is 0 Å². The second-order valence-corrected chi connectivity index (χ2v) is 4.99. The Hall–Kier alpha value is -0.860. The Morgan fingerprint density at radius 1 is 1.38 bits per heavy atom. The van der Waals surface area contributed by atoms with Gasteiger partial charge in [-0.15, -0.1) is 0 Å².